The Kier molecular flexibility index (Phi) is 4.76. The highest BCUT2D eigenvalue weighted by Crippen LogP contribution is 2.25. The molecule has 1 rings (SSSR count). The first kappa shape index (κ1) is 11.3. The van der Waals surface area contributed by atoms with E-state index < -0.39 is 0 Å². The van der Waals surface area contributed by atoms with Crippen LogP contribution in [0.2, 0.25) is 0 Å². The van der Waals surface area contributed by atoms with Gasteiger partial charge in [0.1, 0.15) is 5.82 Å². The first-order valence-corrected chi connectivity index (χ1v) is 5.55. The number of anilines is 1. The molecule has 0 atom stereocenters. The van der Waals surface area contributed by atoms with Gasteiger partial charge in [-0.05, 0) is 44.0 Å². The number of hydrogen-bond acceptors (Lipinski definition) is 3. The van der Waals surface area contributed by atoms with Crippen molar-refractivity contribution in [3.05, 3.63) is 24.0 Å². The van der Waals surface area contributed by atoms with E-state index in [2.05, 4.69) is 5.32 Å². The summed E-state index contributed by atoms with van der Waals surface area (Å²) in [6.07, 6.45) is 1.05. The minimum absolute atomic E-state index is 0.227. The van der Waals surface area contributed by atoms with Gasteiger partial charge in [-0.15, -0.1) is 11.8 Å². The van der Waals surface area contributed by atoms with E-state index in [1.165, 1.54) is 12.1 Å². The van der Waals surface area contributed by atoms with E-state index in [0.29, 0.717) is 5.69 Å². The average molecular weight is 214 g/mol. The molecule has 0 saturated heterocycles. The van der Waals surface area contributed by atoms with Crippen LogP contribution in [0.15, 0.2) is 23.1 Å². The average Bonchev–Trinajstić information content (AvgIpc) is 2.18. The Morgan fingerprint density at radius 1 is 1.50 bits per heavy atom. The molecule has 0 amide bonds. The monoisotopic (exact) mass is 214 g/mol. The van der Waals surface area contributed by atoms with Crippen LogP contribution in [0.3, 0.4) is 0 Å². The van der Waals surface area contributed by atoms with Crippen LogP contribution in [0.1, 0.15) is 6.42 Å². The standard InChI is InChI=1S/C10H15FN2S/c1-13-5-2-6-14-10-7-8(11)3-4-9(10)12/h3-4,7,13H,2,5-6,12H2,1H3. The molecule has 0 heterocycles. The molecule has 0 fully saturated rings. The Bertz CT molecular complexity index is 291. The van der Waals surface area contributed by atoms with Crippen LogP contribution in [0, 0.1) is 5.82 Å². The second-order valence-electron chi connectivity index (χ2n) is 2.99. The van der Waals surface area contributed by atoms with Crippen molar-refractivity contribution in [2.75, 3.05) is 25.1 Å². The zero-order valence-electron chi connectivity index (χ0n) is 8.22. The third kappa shape index (κ3) is 3.55. The van der Waals surface area contributed by atoms with Crippen LogP contribution in [0.4, 0.5) is 10.1 Å². The SMILES string of the molecule is CNCCCSc1cc(F)ccc1N. The Morgan fingerprint density at radius 3 is 3.00 bits per heavy atom. The lowest BCUT2D eigenvalue weighted by Crippen LogP contribution is -2.08. The second-order valence-corrected chi connectivity index (χ2v) is 4.12. The molecule has 14 heavy (non-hydrogen) atoms. The van der Waals surface area contributed by atoms with Crippen molar-refractivity contribution >= 4 is 17.4 Å². The summed E-state index contributed by atoms with van der Waals surface area (Å²) in [5.74, 6) is 0.726. The van der Waals surface area contributed by atoms with Crippen molar-refractivity contribution in [1.82, 2.24) is 5.32 Å². The molecule has 4 heteroatoms. The van der Waals surface area contributed by atoms with Gasteiger partial charge in [-0.3, -0.25) is 0 Å². The Hall–Kier alpha value is -0.740. The summed E-state index contributed by atoms with van der Waals surface area (Å²) in [7, 11) is 1.92. The molecule has 0 bridgehead atoms. The molecule has 2 nitrogen and oxygen atoms in total. The van der Waals surface area contributed by atoms with Crippen molar-refractivity contribution in [2.45, 2.75) is 11.3 Å². The third-order valence-electron chi connectivity index (χ3n) is 1.80. The van der Waals surface area contributed by atoms with Crippen LogP contribution in [-0.4, -0.2) is 19.3 Å². The number of halogens is 1. The van der Waals surface area contributed by atoms with Gasteiger partial charge in [0.15, 0.2) is 0 Å². The molecule has 0 spiro atoms. The van der Waals surface area contributed by atoms with Crippen molar-refractivity contribution < 1.29 is 4.39 Å². The molecule has 0 aliphatic rings. The molecular weight excluding hydrogens is 199 g/mol. The van der Waals surface area contributed by atoms with Crippen LogP contribution in [0.25, 0.3) is 0 Å². The molecule has 0 saturated carbocycles. The first-order valence-electron chi connectivity index (χ1n) is 4.56. The lowest BCUT2D eigenvalue weighted by Gasteiger charge is -2.04. The van der Waals surface area contributed by atoms with Crippen LogP contribution in [0.5, 0.6) is 0 Å². The maximum Gasteiger partial charge on any atom is 0.124 e. The van der Waals surface area contributed by atoms with E-state index in [-0.39, 0.29) is 5.82 Å². The van der Waals surface area contributed by atoms with Gasteiger partial charge in [0, 0.05) is 10.6 Å². The summed E-state index contributed by atoms with van der Waals surface area (Å²) >= 11 is 1.60. The predicted molar refractivity (Wildman–Crippen MR) is 60.1 cm³/mol. The van der Waals surface area contributed by atoms with Crippen LogP contribution in [-0.2, 0) is 0 Å². The molecule has 0 aliphatic heterocycles. The Morgan fingerprint density at radius 2 is 2.29 bits per heavy atom. The zero-order chi connectivity index (χ0) is 10.4. The Labute approximate surface area is 88.1 Å². The topological polar surface area (TPSA) is 38.0 Å². The zero-order valence-corrected chi connectivity index (χ0v) is 9.03. The van der Waals surface area contributed by atoms with Gasteiger partial charge in [0.2, 0.25) is 0 Å². The predicted octanol–water partition coefficient (Wildman–Crippen LogP) is 2.11. The highest BCUT2D eigenvalue weighted by atomic mass is 32.2. The van der Waals surface area contributed by atoms with Gasteiger partial charge in [0.25, 0.3) is 0 Å². The smallest absolute Gasteiger partial charge is 0.124 e. The highest BCUT2D eigenvalue weighted by Gasteiger charge is 2.01. The van der Waals surface area contributed by atoms with E-state index in [1.807, 2.05) is 7.05 Å². The van der Waals surface area contributed by atoms with Gasteiger partial charge in [-0.2, -0.15) is 0 Å². The number of thioether (sulfide) groups is 1. The normalized spacial score (nSPS) is 10.4. The van der Waals surface area contributed by atoms with Crippen molar-refractivity contribution in [1.29, 1.82) is 0 Å². The molecule has 0 aromatic heterocycles. The summed E-state index contributed by atoms with van der Waals surface area (Å²) < 4.78 is 12.8. The number of hydrogen-bond donors (Lipinski definition) is 2. The Balaban J connectivity index is 2.45. The van der Waals surface area contributed by atoms with E-state index >= 15 is 0 Å². The van der Waals surface area contributed by atoms with Crippen molar-refractivity contribution in [3.8, 4) is 0 Å². The van der Waals surface area contributed by atoms with Crippen LogP contribution >= 0.6 is 11.8 Å². The quantitative estimate of drug-likeness (QED) is 0.448. The van der Waals surface area contributed by atoms with Gasteiger partial charge < -0.3 is 11.1 Å². The molecule has 3 N–H and O–H groups in total. The number of nitrogens with two attached hydrogens (primary N) is 1. The lowest BCUT2D eigenvalue weighted by molar-refractivity contribution is 0.624. The molecule has 0 unspecified atom stereocenters. The minimum Gasteiger partial charge on any atom is -0.398 e. The summed E-state index contributed by atoms with van der Waals surface area (Å²) in [6, 6.07) is 4.47. The summed E-state index contributed by atoms with van der Waals surface area (Å²) in [6.45, 7) is 0.974. The molecule has 1 aromatic rings. The van der Waals surface area contributed by atoms with Gasteiger partial charge in [-0.1, -0.05) is 0 Å². The maximum atomic E-state index is 12.8. The lowest BCUT2D eigenvalue weighted by atomic mass is 10.3. The fourth-order valence-corrected chi connectivity index (χ4v) is 2.00. The number of benzene rings is 1. The van der Waals surface area contributed by atoms with Gasteiger partial charge in [0.05, 0.1) is 0 Å². The summed E-state index contributed by atoms with van der Waals surface area (Å²) in [5, 5.41) is 3.06. The van der Waals surface area contributed by atoms with E-state index in [0.717, 1.165) is 23.6 Å². The van der Waals surface area contributed by atoms with Crippen LogP contribution < -0.4 is 11.1 Å². The number of nitrogen functional groups attached to an aromatic ring is 1. The van der Waals surface area contributed by atoms with E-state index in [9.17, 15) is 4.39 Å². The van der Waals surface area contributed by atoms with Gasteiger partial charge >= 0.3 is 0 Å². The fourth-order valence-electron chi connectivity index (χ4n) is 1.06. The molecule has 78 valence electrons. The molecule has 0 radical (unpaired) electrons. The number of rotatable bonds is 5. The summed E-state index contributed by atoms with van der Waals surface area (Å²) in [5.41, 5.74) is 6.35. The fraction of sp³-hybridized carbons (Fsp3) is 0.400. The van der Waals surface area contributed by atoms with Crippen molar-refractivity contribution in [2.24, 2.45) is 0 Å². The molecule has 1 aromatic carbocycles. The maximum absolute atomic E-state index is 12.8. The second kappa shape index (κ2) is 5.88. The largest absolute Gasteiger partial charge is 0.398 e. The molecule has 0 aliphatic carbocycles. The van der Waals surface area contributed by atoms with Crippen molar-refractivity contribution in [3.63, 3.8) is 0 Å². The minimum atomic E-state index is -0.227. The van der Waals surface area contributed by atoms with Gasteiger partial charge in [-0.25, -0.2) is 4.39 Å². The third-order valence-corrected chi connectivity index (χ3v) is 2.96. The molecular formula is C10H15FN2S. The summed E-state index contributed by atoms with van der Waals surface area (Å²) in [4.78, 5) is 0.834. The first-order chi connectivity index (χ1) is 6.74. The van der Waals surface area contributed by atoms with E-state index in [4.69, 9.17) is 5.73 Å². The highest BCUT2D eigenvalue weighted by molar-refractivity contribution is 7.99. The number of nitrogens with one attached hydrogen (secondary N) is 1. The van der Waals surface area contributed by atoms with E-state index in [1.54, 1.807) is 17.8 Å².